The van der Waals surface area contributed by atoms with Crippen LogP contribution in [-0.2, 0) is 16.4 Å². The summed E-state index contributed by atoms with van der Waals surface area (Å²) >= 11 is 0. The maximum Gasteiger partial charge on any atom is 0.200 e. The molecule has 1 aliphatic heterocycles. The van der Waals surface area contributed by atoms with Crippen molar-refractivity contribution < 1.29 is 8.42 Å². The van der Waals surface area contributed by atoms with E-state index in [0.29, 0.717) is 24.0 Å². The molecule has 0 unspecified atom stereocenters. The highest BCUT2D eigenvalue weighted by Gasteiger charge is 2.27. The first-order chi connectivity index (χ1) is 9.60. The van der Waals surface area contributed by atoms with Gasteiger partial charge >= 0.3 is 0 Å². The number of benzene rings is 1. The Kier molecular flexibility index (Phi) is 3.67. The highest BCUT2D eigenvalue weighted by Crippen LogP contribution is 2.34. The van der Waals surface area contributed by atoms with Crippen LogP contribution in [0, 0.1) is 0 Å². The van der Waals surface area contributed by atoms with E-state index in [-0.39, 0.29) is 0 Å². The Bertz CT molecular complexity index is 644. The highest BCUT2D eigenvalue weighted by atomic mass is 32.2. The Hall–Kier alpha value is -1.17. The van der Waals surface area contributed by atoms with Gasteiger partial charge in [0.2, 0.25) is 9.84 Å². The largest absolute Gasteiger partial charge is 0.326 e. The van der Waals surface area contributed by atoms with E-state index in [1.807, 2.05) is 12.1 Å². The fourth-order valence-corrected chi connectivity index (χ4v) is 4.56. The van der Waals surface area contributed by atoms with Crippen molar-refractivity contribution in [2.24, 2.45) is 5.73 Å². The maximum absolute atomic E-state index is 12.2. The lowest BCUT2D eigenvalue weighted by Gasteiger charge is -2.12. The molecule has 2 aliphatic rings. The standard InChI is InChI=1S/C15H20N2O2S/c16-8-11-5-6-14-12(9-17-13-3-1-2-4-13)10-20(18,19)15(14)7-11/h5-7,10,13,17H,1-4,8-9,16H2. The molecule has 1 aromatic carbocycles. The van der Waals surface area contributed by atoms with Crippen molar-refractivity contribution in [3.63, 3.8) is 0 Å². The molecule has 3 N–H and O–H groups in total. The van der Waals surface area contributed by atoms with Crippen molar-refractivity contribution in [3.05, 3.63) is 34.7 Å². The third kappa shape index (κ3) is 2.53. The van der Waals surface area contributed by atoms with Gasteiger partial charge in [0.05, 0.1) is 4.90 Å². The van der Waals surface area contributed by atoms with Gasteiger partial charge in [-0.25, -0.2) is 8.42 Å². The van der Waals surface area contributed by atoms with Crippen LogP contribution >= 0.6 is 0 Å². The first kappa shape index (κ1) is 13.8. The van der Waals surface area contributed by atoms with Gasteiger partial charge in [-0.1, -0.05) is 25.0 Å². The Morgan fingerprint density at radius 2 is 2.00 bits per heavy atom. The summed E-state index contributed by atoms with van der Waals surface area (Å²) in [7, 11) is -3.29. The predicted octanol–water partition coefficient (Wildman–Crippen LogP) is 1.81. The van der Waals surface area contributed by atoms with Gasteiger partial charge in [-0.05, 0) is 35.6 Å². The molecule has 0 saturated heterocycles. The summed E-state index contributed by atoms with van der Waals surface area (Å²) in [4.78, 5) is 0.406. The van der Waals surface area contributed by atoms with E-state index < -0.39 is 9.84 Å². The average molecular weight is 292 g/mol. The Balaban J connectivity index is 1.83. The zero-order chi connectivity index (χ0) is 14.2. The second-order valence-corrected chi connectivity index (χ2v) is 7.35. The molecule has 4 nitrogen and oxygen atoms in total. The molecule has 5 heteroatoms. The molecule has 0 radical (unpaired) electrons. The van der Waals surface area contributed by atoms with Crippen LogP contribution in [-0.4, -0.2) is 21.0 Å². The van der Waals surface area contributed by atoms with Crippen molar-refractivity contribution in [2.45, 2.75) is 43.2 Å². The third-order valence-corrected chi connectivity index (χ3v) is 5.71. The van der Waals surface area contributed by atoms with E-state index in [2.05, 4.69) is 5.32 Å². The maximum atomic E-state index is 12.2. The number of sulfone groups is 1. The number of hydrogen-bond acceptors (Lipinski definition) is 4. The molecular weight excluding hydrogens is 272 g/mol. The second kappa shape index (κ2) is 5.31. The van der Waals surface area contributed by atoms with Gasteiger partial charge in [-0.15, -0.1) is 0 Å². The molecule has 1 fully saturated rings. The number of hydrogen-bond donors (Lipinski definition) is 2. The summed E-state index contributed by atoms with van der Waals surface area (Å²) in [5.74, 6) is 0. The number of nitrogens with two attached hydrogens (primary N) is 1. The van der Waals surface area contributed by atoms with Crippen LogP contribution in [0.15, 0.2) is 28.5 Å². The summed E-state index contributed by atoms with van der Waals surface area (Å²) in [6, 6.07) is 6.02. The highest BCUT2D eigenvalue weighted by molar-refractivity contribution is 7.95. The summed E-state index contributed by atoms with van der Waals surface area (Å²) in [6.45, 7) is 0.983. The second-order valence-electron chi connectivity index (χ2n) is 5.59. The molecule has 0 atom stereocenters. The third-order valence-electron chi connectivity index (χ3n) is 4.17. The van der Waals surface area contributed by atoms with Crippen LogP contribution < -0.4 is 11.1 Å². The van der Waals surface area contributed by atoms with E-state index >= 15 is 0 Å². The lowest BCUT2D eigenvalue weighted by molar-refractivity contribution is 0.560. The number of fused-ring (bicyclic) bond motifs is 1. The first-order valence-corrected chi connectivity index (χ1v) is 8.67. The number of nitrogens with one attached hydrogen (secondary N) is 1. The normalized spacial score (nSPS) is 20.9. The lowest BCUT2D eigenvalue weighted by Crippen LogP contribution is -2.27. The fourth-order valence-electron chi connectivity index (χ4n) is 3.03. The first-order valence-electron chi connectivity index (χ1n) is 7.12. The molecule has 0 amide bonds. The predicted molar refractivity (Wildman–Crippen MR) is 79.8 cm³/mol. The molecule has 3 rings (SSSR count). The average Bonchev–Trinajstić information content (AvgIpc) is 3.03. The summed E-state index contributed by atoms with van der Waals surface area (Å²) in [5.41, 5.74) is 8.13. The van der Waals surface area contributed by atoms with Gasteiger partial charge in [0.15, 0.2) is 0 Å². The summed E-state index contributed by atoms with van der Waals surface area (Å²) in [5, 5.41) is 4.88. The van der Waals surface area contributed by atoms with E-state index in [1.165, 1.54) is 31.1 Å². The van der Waals surface area contributed by atoms with Gasteiger partial charge in [0.1, 0.15) is 0 Å². The van der Waals surface area contributed by atoms with Gasteiger partial charge in [-0.3, -0.25) is 0 Å². The fraction of sp³-hybridized carbons (Fsp3) is 0.467. The molecule has 20 heavy (non-hydrogen) atoms. The van der Waals surface area contributed by atoms with Crippen LogP contribution in [0.4, 0.5) is 0 Å². The van der Waals surface area contributed by atoms with Gasteiger partial charge < -0.3 is 11.1 Å². The zero-order valence-electron chi connectivity index (χ0n) is 11.4. The minimum absolute atomic E-state index is 0.360. The SMILES string of the molecule is NCc1ccc2c(c1)S(=O)(=O)C=C2CNC1CCCC1. The van der Waals surface area contributed by atoms with E-state index in [1.54, 1.807) is 6.07 Å². The van der Waals surface area contributed by atoms with Crippen molar-refractivity contribution in [1.29, 1.82) is 0 Å². The van der Waals surface area contributed by atoms with E-state index in [4.69, 9.17) is 5.73 Å². The molecular formula is C15H20N2O2S. The van der Waals surface area contributed by atoms with E-state index in [0.717, 1.165) is 16.7 Å². The molecule has 1 aliphatic carbocycles. The van der Waals surface area contributed by atoms with Crippen LogP contribution in [0.5, 0.6) is 0 Å². The van der Waals surface area contributed by atoms with Crippen LogP contribution in [0.3, 0.4) is 0 Å². The minimum Gasteiger partial charge on any atom is -0.326 e. The zero-order valence-corrected chi connectivity index (χ0v) is 12.2. The van der Waals surface area contributed by atoms with Crippen LogP contribution in [0.25, 0.3) is 5.57 Å². The Labute approximate surface area is 120 Å². The topological polar surface area (TPSA) is 72.2 Å². The van der Waals surface area contributed by atoms with Crippen molar-refractivity contribution >= 4 is 15.4 Å². The Morgan fingerprint density at radius 3 is 2.70 bits per heavy atom. The minimum atomic E-state index is -3.29. The van der Waals surface area contributed by atoms with Crippen molar-refractivity contribution in [2.75, 3.05) is 6.54 Å². The molecule has 1 saturated carbocycles. The van der Waals surface area contributed by atoms with Crippen LogP contribution in [0.1, 0.15) is 36.8 Å². The van der Waals surface area contributed by atoms with Crippen molar-refractivity contribution in [1.82, 2.24) is 5.32 Å². The lowest BCUT2D eigenvalue weighted by atomic mass is 10.0. The van der Waals surface area contributed by atoms with Gasteiger partial charge in [-0.2, -0.15) is 0 Å². The Morgan fingerprint density at radius 1 is 1.25 bits per heavy atom. The summed E-state index contributed by atoms with van der Waals surface area (Å²) in [6.07, 6.45) is 4.93. The molecule has 0 spiro atoms. The van der Waals surface area contributed by atoms with Crippen LogP contribution in [0.2, 0.25) is 0 Å². The van der Waals surface area contributed by atoms with Crippen molar-refractivity contribution in [3.8, 4) is 0 Å². The van der Waals surface area contributed by atoms with Gasteiger partial charge in [0, 0.05) is 24.5 Å². The summed E-state index contributed by atoms with van der Waals surface area (Å²) < 4.78 is 24.4. The molecule has 108 valence electrons. The smallest absolute Gasteiger partial charge is 0.200 e. The monoisotopic (exact) mass is 292 g/mol. The van der Waals surface area contributed by atoms with Gasteiger partial charge in [0.25, 0.3) is 0 Å². The molecule has 0 bridgehead atoms. The number of rotatable bonds is 4. The molecule has 1 aromatic rings. The van der Waals surface area contributed by atoms with E-state index in [9.17, 15) is 8.42 Å². The quantitative estimate of drug-likeness (QED) is 0.887. The molecule has 0 aromatic heterocycles. The molecule has 1 heterocycles.